The maximum Gasteiger partial charge on any atom is 0.261 e. The number of para-hydroxylation sites is 1. The van der Waals surface area contributed by atoms with E-state index in [4.69, 9.17) is 11.6 Å². The Morgan fingerprint density at radius 2 is 1.61 bits per heavy atom. The molecule has 0 radical (unpaired) electrons. The van der Waals surface area contributed by atoms with E-state index in [2.05, 4.69) is 21.0 Å². The van der Waals surface area contributed by atoms with Crippen LogP contribution in [-0.2, 0) is 4.79 Å². The van der Waals surface area contributed by atoms with E-state index in [1.165, 1.54) is 6.20 Å². The Balaban J connectivity index is 1.55. The van der Waals surface area contributed by atoms with Gasteiger partial charge >= 0.3 is 0 Å². The maximum absolute atomic E-state index is 13.5. The molecular weight excluding hydrogens is 474 g/mol. The van der Waals surface area contributed by atoms with Gasteiger partial charge in [-0.25, -0.2) is 4.68 Å². The molecule has 7 nitrogen and oxygen atoms in total. The molecule has 1 atom stereocenters. The smallest absolute Gasteiger partial charge is 0.261 e. The van der Waals surface area contributed by atoms with Gasteiger partial charge in [-0.05, 0) is 61.4 Å². The lowest BCUT2D eigenvalue weighted by Crippen LogP contribution is -2.32. The van der Waals surface area contributed by atoms with E-state index in [0.29, 0.717) is 39.0 Å². The second kappa shape index (κ2) is 9.71. The number of rotatable bonds is 5. The van der Waals surface area contributed by atoms with Crippen LogP contribution in [0.2, 0.25) is 5.02 Å². The van der Waals surface area contributed by atoms with E-state index < -0.39 is 6.04 Å². The van der Waals surface area contributed by atoms with Gasteiger partial charge in [-0.15, -0.1) is 0 Å². The lowest BCUT2D eigenvalue weighted by Gasteiger charge is -2.30. The summed E-state index contributed by atoms with van der Waals surface area (Å²) in [6.45, 7) is 3.78. The molecule has 5 rings (SSSR count). The molecule has 0 spiro atoms. The van der Waals surface area contributed by atoms with Crippen LogP contribution in [0, 0.1) is 6.92 Å². The van der Waals surface area contributed by atoms with Crippen LogP contribution >= 0.6 is 11.6 Å². The van der Waals surface area contributed by atoms with E-state index in [1.54, 1.807) is 16.8 Å². The molecule has 3 N–H and O–H groups in total. The van der Waals surface area contributed by atoms with Gasteiger partial charge in [-0.3, -0.25) is 9.59 Å². The molecular formula is C28H24ClN5O2. The molecule has 2 heterocycles. The normalized spacial score (nSPS) is 14.6. The lowest BCUT2D eigenvalue weighted by molar-refractivity contribution is -0.113. The highest BCUT2D eigenvalue weighted by Crippen LogP contribution is 2.38. The summed E-state index contributed by atoms with van der Waals surface area (Å²) < 4.78 is 1.66. The number of aryl methyl sites for hydroxylation is 1. The summed E-state index contributed by atoms with van der Waals surface area (Å²) in [4.78, 5) is 26.7. The summed E-state index contributed by atoms with van der Waals surface area (Å²) in [6, 6.07) is 23.5. The largest absolute Gasteiger partial charge is 0.343 e. The van der Waals surface area contributed by atoms with Gasteiger partial charge in [-0.2, -0.15) is 5.10 Å². The van der Waals surface area contributed by atoms with Crippen molar-refractivity contribution in [3.63, 3.8) is 0 Å². The van der Waals surface area contributed by atoms with Crippen LogP contribution in [0.5, 0.6) is 0 Å². The Morgan fingerprint density at radius 1 is 0.889 bits per heavy atom. The first-order chi connectivity index (χ1) is 17.4. The average molecular weight is 498 g/mol. The highest BCUT2D eigenvalue weighted by molar-refractivity contribution is 6.30. The van der Waals surface area contributed by atoms with Crippen molar-refractivity contribution in [1.82, 2.24) is 9.78 Å². The van der Waals surface area contributed by atoms with Gasteiger partial charge in [0.1, 0.15) is 17.4 Å². The minimum Gasteiger partial charge on any atom is -0.343 e. The molecule has 2 amide bonds. The summed E-state index contributed by atoms with van der Waals surface area (Å²) in [6.07, 6.45) is 1.51. The van der Waals surface area contributed by atoms with Gasteiger partial charge in [0.2, 0.25) is 0 Å². The topological polar surface area (TPSA) is 88.0 Å². The molecule has 4 aromatic rings. The third-order valence-electron chi connectivity index (χ3n) is 5.98. The monoisotopic (exact) mass is 497 g/mol. The fourth-order valence-electron chi connectivity index (χ4n) is 4.34. The molecule has 3 aromatic carbocycles. The number of aromatic nitrogens is 2. The predicted octanol–water partition coefficient (Wildman–Crippen LogP) is 6.02. The average Bonchev–Trinajstić information content (AvgIpc) is 3.27. The van der Waals surface area contributed by atoms with Crippen molar-refractivity contribution in [2.24, 2.45) is 0 Å². The Morgan fingerprint density at radius 3 is 2.36 bits per heavy atom. The van der Waals surface area contributed by atoms with E-state index >= 15 is 0 Å². The zero-order chi connectivity index (χ0) is 25.2. The Bertz CT molecular complexity index is 1490. The van der Waals surface area contributed by atoms with Crippen LogP contribution in [0.15, 0.2) is 96.3 Å². The number of carbonyl (C=O) groups excluding carboxylic acids is 2. The fraction of sp³-hybridized carbons (Fsp3) is 0.107. The van der Waals surface area contributed by atoms with Gasteiger partial charge in [-0.1, -0.05) is 54.1 Å². The molecule has 0 fully saturated rings. The first-order valence-electron chi connectivity index (χ1n) is 11.5. The maximum atomic E-state index is 13.5. The molecule has 1 aliphatic heterocycles. The van der Waals surface area contributed by atoms with Gasteiger partial charge in [0.25, 0.3) is 11.8 Å². The molecule has 36 heavy (non-hydrogen) atoms. The van der Waals surface area contributed by atoms with E-state index in [0.717, 1.165) is 11.1 Å². The van der Waals surface area contributed by atoms with Crippen molar-refractivity contribution in [1.29, 1.82) is 0 Å². The number of hydrogen-bond acceptors (Lipinski definition) is 4. The van der Waals surface area contributed by atoms with Crippen molar-refractivity contribution in [3.05, 3.63) is 118 Å². The lowest BCUT2D eigenvalue weighted by atomic mass is 9.94. The number of allylic oxidation sites excluding steroid dienone is 1. The van der Waals surface area contributed by atoms with Crippen LogP contribution in [0.4, 0.5) is 17.2 Å². The Hall–Kier alpha value is -4.36. The molecule has 1 aromatic heterocycles. The van der Waals surface area contributed by atoms with Gasteiger partial charge in [0.15, 0.2) is 0 Å². The van der Waals surface area contributed by atoms with Crippen molar-refractivity contribution < 1.29 is 9.59 Å². The first kappa shape index (κ1) is 23.4. The second-order valence-corrected chi connectivity index (χ2v) is 9.05. The van der Waals surface area contributed by atoms with Gasteiger partial charge < -0.3 is 16.0 Å². The van der Waals surface area contributed by atoms with Crippen LogP contribution in [0.25, 0.3) is 0 Å². The number of fused-ring (bicyclic) bond motifs is 1. The number of anilines is 3. The Kier molecular flexibility index (Phi) is 6.31. The first-order valence-corrected chi connectivity index (χ1v) is 11.8. The summed E-state index contributed by atoms with van der Waals surface area (Å²) in [5.41, 5.74) is 4.64. The number of amides is 2. The molecule has 8 heteroatoms. The fourth-order valence-corrected chi connectivity index (χ4v) is 4.54. The molecule has 0 aliphatic carbocycles. The van der Waals surface area contributed by atoms with Crippen molar-refractivity contribution >= 4 is 40.6 Å². The summed E-state index contributed by atoms with van der Waals surface area (Å²) >= 11 is 6.32. The zero-order valence-corrected chi connectivity index (χ0v) is 20.5. The number of nitrogens with one attached hydrogen (secondary N) is 3. The Labute approximate surface area is 213 Å². The van der Waals surface area contributed by atoms with E-state index in [-0.39, 0.29) is 11.8 Å². The number of halogens is 1. The SMILES string of the molecule is CC1=C(C(=O)Nc2ccccc2)[C@H](c2cccc(Cl)c2)n2ncc(C(=O)Nc3cccc(C)c3)c2N1. The number of nitrogens with zero attached hydrogens (tertiary/aromatic N) is 2. The van der Waals surface area contributed by atoms with Crippen LogP contribution < -0.4 is 16.0 Å². The summed E-state index contributed by atoms with van der Waals surface area (Å²) in [7, 11) is 0. The third kappa shape index (κ3) is 4.61. The van der Waals surface area contributed by atoms with Crippen molar-refractivity contribution in [2.45, 2.75) is 19.9 Å². The quantitative estimate of drug-likeness (QED) is 0.314. The van der Waals surface area contributed by atoms with Crippen LogP contribution in [0.1, 0.15) is 34.5 Å². The highest BCUT2D eigenvalue weighted by Gasteiger charge is 2.35. The predicted molar refractivity (Wildman–Crippen MR) is 142 cm³/mol. The molecule has 1 aliphatic rings. The third-order valence-corrected chi connectivity index (χ3v) is 6.22. The molecule has 0 saturated carbocycles. The van der Waals surface area contributed by atoms with Crippen LogP contribution in [0.3, 0.4) is 0 Å². The highest BCUT2D eigenvalue weighted by atomic mass is 35.5. The summed E-state index contributed by atoms with van der Waals surface area (Å²) in [5.74, 6) is -0.0776. The van der Waals surface area contributed by atoms with Crippen molar-refractivity contribution in [2.75, 3.05) is 16.0 Å². The second-order valence-electron chi connectivity index (χ2n) is 8.62. The van der Waals surface area contributed by atoms with E-state index in [1.807, 2.05) is 80.6 Å². The minimum absolute atomic E-state index is 0.275. The van der Waals surface area contributed by atoms with E-state index in [9.17, 15) is 9.59 Å². The summed E-state index contributed by atoms with van der Waals surface area (Å²) in [5, 5.41) is 14.2. The van der Waals surface area contributed by atoms with Gasteiger partial charge in [0, 0.05) is 22.1 Å². The zero-order valence-electron chi connectivity index (χ0n) is 19.7. The molecule has 180 valence electrons. The van der Waals surface area contributed by atoms with Crippen LogP contribution in [-0.4, -0.2) is 21.6 Å². The molecule has 0 bridgehead atoms. The number of carbonyl (C=O) groups is 2. The van der Waals surface area contributed by atoms with Crippen molar-refractivity contribution in [3.8, 4) is 0 Å². The minimum atomic E-state index is -0.593. The number of benzene rings is 3. The van der Waals surface area contributed by atoms with Gasteiger partial charge in [0.05, 0.1) is 11.8 Å². The molecule has 0 saturated heterocycles. The molecule has 0 unspecified atom stereocenters. The number of hydrogen-bond donors (Lipinski definition) is 3. The standard InChI is InChI=1S/C28H24ClN5O2/c1-17-8-6-13-22(14-17)33-27(35)23-16-30-34-25(19-9-7-10-20(29)15-19)24(18(2)31-26(23)34)28(36)32-21-11-4-3-5-12-21/h3-16,25,31H,1-2H3,(H,32,36)(H,33,35)/t25-/m0/s1.